The molecule has 0 rings (SSSR count). The maximum absolute atomic E-state index is 11.9. The summed E-state index contributed by atoms with van der Waals surface area (Å²) in [4.78, 5) is 11.9. The van der Waals surface area contributed by atoms with Gasteiger partial charge in [-0.3, -0.25) is 0 Å². The number of hydrogen-bond acceptors (Lipinski definition) is 2. The van der Waals surface area contributed by atoms with Crippen molar-refractivity contribution in [3.8, 4) is 0 Å². The molecule has 0 aliphatic heterocycles. The molecule has 0 aromatic rings. The van der Waals surface area contributed by atoms with Gasteiger partial charge in [0.25, 0.3) is 0 Å². The molecule has 0 fully saturated rings. The van der Waals surface area contributed by atoms with Crippen LogP contribution in [0.3, 0.4) is 0 Å². The van der Waals surface area contributed by atoms with Crippen molar-refractivity contribution in [2.75, 3.05) is 0 Å². The molecule has 0 heterocycles. The number of unbranched alkanes of at least 4 members (excludes halogenated alkanes) is 35. The van der Waals surface area contributed by atoms with Crippen molar-refractivity contribution in [3.63, 3.8) is 0 Å². The van der Waals surface area contributed by atoms with Gasteiger partial charge in [-0.1, -0.05) is 232 Å². The summed E-state index contributed by atoms with van der Waals surface area (Å²) in [5, 5.41) is 0. The van der Waals surface area contributed by atoms with Crippen LogP contribution in [0.2, 0.25) is 0 Å². The van der Waals surface area contributed by atoms with Crippen molar-refractivity contribution in [2.24, 2.45) is 0 Å². The van der Waals surface area contributed by atoms with Crippen molar-refractivity contribution in [3.05, 3.63) is 24.5 Å². The van der Waals surface area contributed by atoms with E-state index in [0.717, 1.165) is 12.8 Å². The zero-order valence-corrected chi connectivity index (χ0v) is 31.8. The number of rotatable bonds is 39. The Hall–Kier alpha value is -1.05. The molecule has 2 heteroatoms. The van der Waals surface area contributed by atoms with E-state index in [1.54, 1.807) is 12.3 Å². The molecule has 0 aromatic heterocycles. The van der Waals surface area contributed by atoms with Crippen LogP contribution < -0.4 is 0 Å². The van der Waals surface area contributed by atoms with E-state index in [4.69, 9.17) is 4.74 Å². The molecule has 2 nitrogen and oxygen atoms in total. The average molecular weight is 645 g/mol. The molecule has 0 saturated heterocycles. The third kappa shape index (κ3) is 41.0. The molecular formula is C44H84O2. The van der Waals surface area contributed by atoms with Gasteiger partial charge in [0.15, 0.2) is 0 Å². The normalized spacial score (nSPS) is 11.8. The summed E-state index contributed by atoms with van der Waals surface area (Å²) in [5.41, 5.74) is 0. The van der Waals surface area contributed by atoms with Gasteiger partial charge in [-0.2, -0.15) is 0 Å². The Morgan fingerprint density at radius 3 is 0.870 bits per heavy atom. The fraction of sp³-hybridized carbons (Fsp3) is 0.886. The molecule has 0 aliphatic carbocycles. The molecule has 0 atom stereocenters. The second-order valence-electron chi connectivity index (χ2n) is 14.5. The SMILES string of the molecule is CCCCCCCCCCCCCCCCCC=CC(=O)OC=CCCCCCCCCCCCCCCCCCCCCCC. The minimum absolute atomic E-state index is 0.235. The smallest absolute Gasteiger partial charge is 0.335 e. The quantitative estimate of drug-likeness (QED) is 0.0288. The summed E-state index contributed by atoms with van der Waals surface area (Å²) in [6, 6.07) is 0. The number of hydrogen-bond donors (Lipinski definition) is 0. The van der Waals surface area contributed by atoms with Crippen LogP contribution in [0.4, 0.5) is 0 Å². The first-order valence-electron chi connectivity index (χ1n) is 21.3. The molecule has 0 N–H and O–H groups in total. The van der Waals surface area contributed by atoms with Crippen molar-refractivity contribution in [1.82, 2.24) is 0 Å². The maximum atomic E-state index is 11.9. The van der Waals surface area contributed by atoms with Gasteiger partial charge in [0.1, 0.15) is 0 Å². The summed E-state index contributed by atoms with van der Waals surface area (Å²) in [7, 11) is 0. The van der Waals surface area contributed by atoms with E-state index in [0.29, 0.717) is 0 Å². The Kier molecular flexibility index (Phi) is 41.0. The lowest BCUT2D eigenvalue weighted by molar-refractivity contribution is -0.132. The molecule has 0 aliphatic rings. The van der Waals surface area contributed by atoms with Crippen LogP contribution in [-0.2, 0) is 9.53 Å². The van der Waals surface area contributed by atoms with E-state index in [-0.39, 0.29) is 5.97 Å². The number of carbonyl (C=O) groups is 1. The Bertz CT molecular complexity index is 621. The summed E-state index contributed by atoms with van der Waals surface area (Å²) >= 11 is 0. The van der Waals surface area contributed by atoms with Crippen molar-refractivity contribution < 1.29 is 9.53 Å². The first kappa shape index (κ1) is 45.0. The Morgan fingerprint density at radius 2 is 0.587 bits per heavy atom. The van der Waals surface area contributed by atoms with Crippen molar-refractivity contribution in [1.29, 1.82) is 0 Å². The lowest BCUT2D eigenvalue weighted by Crippen LogP contribution is -1.93. The fourth-order valence-corrected chi connectivity index (χ4v) is 6.55. The first-order chi connectivity index (χ1) is 22.8. The summed E-state index contributed by atoms with van der Waals surface area (Å²) < 4.78 is 5.21. The Labute approximate surface area is 290 Å². The summed E-state index contributed by atoms with van der Waals surface area (Å²) in [5.74, 6) is -0.235. The lowest BCUT2D eigenvalue weighted by atomic mass is 10.0. The molecule has 0 amide bonds. The number of allylic oxidation sites excluding steroid dienone is 2. The van der Waals surface area contributed by atoms with Crippen molar-refractivity contribution >= 4 is 5.97 Å². The first-order valence-corrected chi connectivity index (χ1v) is 21.3. The predicted molar refractivity (Wildman–Crippen MR) is 207 cm³/mol. The highest BCUT2D eigenvalue weighted by Crippen LogP contribution is 2.16. The number of ether oxygens (including phenoxy) is 1. The molecule has 272 valence electrons. The minimum atomic E-state index is -0.235. The lowest BCUT2D eigenvalue weighted by Gasteiger charge is -2.04. The average Bonchev–Trinajstić information content (AvgIpc) is 3.06. The monoisotopic (exact) mass is 645 g/mol. The number of carbonyl (C=O) groups excluding carboxylic acids is 1. The molecule has 0 radical (unpaired) electrons. The zero-order valence-electron chi connectivity index (χ0n) is 31.8. The molecule has 0 bridgehead atoms. The van der Waals surface area contributed by atoms with Crippen LogP contribution in [0.5, 0.6) is 0 Å². The number of esters is 1. The van der Waals surface area contributed by atoms with E-state index in [2.05, 4.69) is 13.8 Å². The molecular weight excluding hydrogens is 560 g/mol. The molecule has 46 heavy (non-hydrogen) atoms. The van der Waals surface area contributed by atoms with Crippen LogP contribution in [0.15, 0.2) is 24.5 Å². The van der Waals surface area contributed by atoms with Crippen LogP contribution in [-0.4, -0.2) is 5.97 Å². The highest BCUT2D eigenvalue weighted by atomic mass is 16.5. The minimum Gasteiger partial charge on any atom is -0.432 e. The molecule has 0 spiro atoms. The third-order valence-corrected chi connectivity index (χ3v) is 9.73. The molecule has 0 aromatic carbocycles. The third-order valence-electron chi connectivity index (χ3n) is 9.73. The van der Waals surface area contributed by atoms with Gasteiger partial charge in [0.05, 0.1) is 6.26 Å². The molecule has 0 saturated carbocycles. The topological polar surface area (TPSA) is 26.3 Å². The van der Waals surface area contributed by atoms with Gasteiger partial charge in [-0.15, -0.1) is 0 Å². The fourth-order valence-electron chi connectivity index (χ4n) is 6.55. The Morgan fingerprint density at radius 1 is 0.348 bits per heavy atom. The predicted octanol–water partition coefficient (Wildman–Crippen LogP) is 16.1. The van der Waals surface area contributed by atoms with Crippen LogP contribution in [0.25, 0.3) is 0 Å². The highest BCUT2D eigenvalue weighted by Gasteiger charge is 1.97. The van der Waals surface area contributed by atoms with Gasteiger partial charge in [-0.25, -0.2) is 4.79 Å². The largest absolute Gasteiger partial charge is 0.432 e. The van der Waals surface area contributed by atoms with E-state index < -0.39 is 0 Å². The summed E-state index contributed by atoms with van der Waals surface area (Å²) in [6.07, 6.45) is 58.2. The second-order valence-corrected chi connectivity index (χ2v) is 14.5. The van der Waals surface area contributed by atoms with Gasteiger partial charge < -0.3 is 4.74 Å². The van der Waals surface area contributed by atoms with Crippen LogP contribution in [0, 0.1) is 0 Å². The Balaban J connectivity index is 3.25. The van der Waals surface area contributed by atoms with Crippen molar-refractivity contribution in [2.45, 2.75) is 251 Å². The summed E-state index contributed by atoms with van der Waals surface area (Å²) in [6.45, 7) is 4.59. The van der Waals surface area contributed by atoms with E-state index in [1.165, 1.54) is 225 Å². The van der Waals surface area contributed by atoms with E-state index in [9.17, 15) is 4.79 Å². The standard InChI is InChI=1S/C44H84O2/c1-3-5-7-9-11-13-15-17-19-21-22-23-24-25-27-29-31-33-35-37-39-41-43-46-44(45)42-40-38-36-34-32-30-28-26-20-18-16-14-12-10-8-6-4-2/h40-43H,3-39H2,1-2H3. The van der Waals surface area contributed by atoms with Gasteiger partial charge in [0.2, 0.25) is 0 Å². The van der Waals surface area contributed by atoms with Crippen LogP contribution >= 0.6 is 0 Å². The van der Waals surface area contributed by atoms with E-state index >= 15 is 0 Å². The second kappa shape index (κ2) is 42.0. The highest BCUT2D eigenvalue weighted by molar-refractivity contribution is 5.82. The van der Waals surface area contributed by atoms with Crippen LogP contribution in [0.1, 0.15) is 251 Å². The molecule has 0 unspecified atom stereocenters. The van der Waals surface area contributed by atoms with Gasteiger partial charge >= 0.3 is 5.97 Å². The van der Waals surface area contributed by atoms with Gasteiger partial charge in [-0.05, 0) is 31.8 Å². The van der Waals surface area contributed by atoms with Gasteiger partial charge in [0, 0.05) is 6.08 Å². The zero-order chi connectivity index (χ0) is 33.3. The maximum Gasteiger partial charge on any atom is 0.335 e. The van der Waals surface area contributed by atoms with E-state index in [1.807, 2.05) is 12.2 Å².